The fourth-order valence-electron chi connectivity index (χ4n) is 3.88. The predicted octanol–water partition coefficient (Wildman–Crippen LogP) is 1.90. The van der Waals surface area contributed by atoms with Gasteiger partial charge in [0.05, 0.1) is 30.3 Å². The Morgan fingerprint density at radius 1 is 1.42 bits per heavy atom. The first kappa shape index (κ1) is 17.2. The molecule has 2 amide bonds. The van der Waals surface area contributed by atoms with E-state index in [1.807, 2.05) is 17.5 Å². The molecule has 0 unspecified atom stereocenters. The second-order valence-corrected chi connectivity index (χ2v) is 7.78. The Balaban J connectivity index is 1.50. The normalized spacial score (nSPS) is 24.7. The van der Waals surface area contributed by atoms with Crippen LogP contribution in [0.3, 0.4) is 0 Å². The van der Waals surface area contributed by atoms with Crippen LogP contribution in [0, 0.1) is 19.8 Å². The molecule has 0 spiro atoms. The zero-order valence-electron chi connectivity index (χ0n) is 14.7. The Hall–Kier alpha value is -2.19. The molecule has 0 bridgehead atoms. The standard InChI is InChI=1S/C18H21N3O4S/c1-10-15(11(2)25-20-10)18(23)21-9-13(16-14(21)5-6-24-16)17(22)19-8-12-4-3-7-26-12/h3-4,7,13-14,16H,5-6,8-9H2,1-2H3,(H,19,22)/t13-,14+,16+/m0/s1. The van der Waals surface area contributed by atoms with Crippen molar-refractivity contribution in [1.29, 1.82) is 0 Å². The van der Waals surface area contributed by atoms with Gasteiger partial charge in [0.1, 0.15) is 11.3 Å². The highest BCUT2D eigenvalue weighted by Crippen LogP contribution is 2.35. The minimum atomic E-state index is -0.355. The van der Waals surface area contributed by atoms with Crippen molar-refractivity contribution in [1.82, 2.24) is 15.4 Å². The number of amides is 2. The molecule has 2 aliphatic heterocycles. The highest BCUT2D eigenvalue weighted by atomic mass is 32.1. The molecule has 2 aromatic rings. The van der Waals surface area contributed by atoms with Gasteiger partial charge in [0.15, 0.2) is 0 Å². The van der Waals surface area contributed by atoms with Crippen LogP contribution in [0.1, 0.15) is 33.1 Å². The smallest absolute Gasteiger partial charge is 0.259 e. The first-order chi connectivity index (χ1) is 12.6. The maximum atomic E-state index is 13.0. The van der Waals surface area contributed by atoms with E-state index in [1.165, 1.54) is 0 Å². The summed E-state index contributed by atoms with van der Waals surface area (Å²) in [4.78, 5) is 28.6. The van der Waals surface area contributed by atoms with Crippen LogP contribution in [0.4, 0.5) is 0 Å². The molecular weight excluding hydrogens is 354 g/mol. The van der Waals surface area contributed by atoms with Crippen LogP contribution < -0.4 is 5.32 Å². The van der Waals surface area contributed by atoms with Gasteiger partial charge in [-0.2, -0.15) is 0 Å². The molecule has 8 heteroatoms. The maximum absolute atomic E-state index is 13.0. The first-order valence-electron chi connectivity index (χ1n) is 8.72. The summed E-state index contributed by atoms with van der Waals surface area (Å²) in [5.74, 6) is -0.0416. The molecule has 3 atom stereocenters. The van der Waals surface area contributed by atoms with Gasteiger partial charge in [0.25, 0.3) is 5.91 Å². The van der Waals surface area contributed by atoms with Gasteiger partial charge in [0, 0.05) is 18.0 Å². The number of hydrogen-bond donors (Lipinski definition) is 1. The highest BCUT2D eigenvalue weighted by Gasteiger charge is 2.51. The van der Waals surface area contributed by atoms with Crippen LogP contribution in [0.25, 0.3) is 0 Å². The molecule has 4 rings (SSSR count). The number of rotatable bonds is 4. The van der Waals surface area contributed by atoms with E-state index < -0.39 is 0 Å². The minimum absolute atomic E-state index is 0.0654. The molecule has 0 aliphatic carbocycles. The largest absolute Gasteiger partial charge is 0.375 e. The van der Waals surface area contributed by atoms with E-state index in [9.17, 15) is 9.59 Å². The van der Waals surface area contributed by atoms with Crippen LogP contribution >= 0.6 is 11.3 Å². The van der Waals surface area contributed by atoms with Gasteiger partial charge in [-0.3, -0.25) is 9.59 Å². The van der Waals surface area contributed by atoms with E-state index in [1.54, 1.807) is 30.1 Å². The van der Waals surface area contributed by atoms with E-state index in [0.29, 0.717) is 36.7 Å². The van der Waals surface area contributed by atoms with E-state index in [4.69, 9.17) is 9.26 Å². The zero-order valence-corrected chi connectivity index (χ0v) is 15.5. The number of nitrogens with zero attached hydrogens (tertiary/aromatic N) is 2. The van der Waals surface area contributed by atoms with Crippen molar-refractivity contribution in [3.05, 3.63) is 39.4 Å². The van der Waals surface area contributed by atoms with Gasteiger partial charge < -0.3 is 19.5 Å². The molecule has 26 heavy (non-hydrogen) atoms. The van der Waals surface area contributed by atoms with Crippen LogP contribution in [0.2, 0.25) is 0 Å². The van der Waals surface area contributed by atoms with Crippen molar-refractivity contribution in [2.75, 3.05) is 13.2 Å². The maximum Gasteiger partial charge on any atom is 0.259 e. The van der Waals surface area contributed by atoms with Crippen molar-refractivity contribution in [2.45, 2.75) is 39.0 Å². The van der Waals surface area contributed by atoms with Crippen molar-refractivity contribution in [2.24, 2.45) is 5.92 Å². The third-order valence-corrected chi connectivity index (χ3v) is 6.03. The Kier molecular flexibility index (Phi) is 4.54. The summed E-state index contributed by atoms with van der Waals surface area (Å²) in [6.45, 7) is 4.91. The lowest BCUT2D eigenvalue weighted by molar-refractivity contribution is -0.127. The Morgan fingerprint density at radius 3 is 2.96 bits per heavy atom. The number of aromatic nitrogens is 1. The molecule has 7 nitrogen and oxygen atoms in total. The van der Waals surface area contributed by atoms with E-state index in [-0.39, 0.29) is 29.9 Å². The van der Waals surface area contributed by atoms with Crippen molar-refractivity contribution < 1.29 is 18.8 Å². The lowest BCUT2D eigenvalue weighted by atomic mass is 10.0. The zero-order chi connectivity index (χ0) is 18.3. The Morgan fingerprint density at radius 2 is 2.27 bits per heavy atom. The Bertz CT molecular complexity index is 797. The summed E-state index contributed by atoms with van der Waals surface area (Å²) in [7, 11) is 0. The molecular formula is C18H21N3O4S. The van der Waals surface area contributed by atoms with Crippen LogP contribution in [0.5, 0.6) is 0 Å². The summed E-state index contributed by atoms with van der Waals surface area (Å²) >= 11 is 1.61. The number of carbonyl (C=O) groups excluding carboxylic acids is 2. The number of aryl methyl sites for hydroxylation is 2. The molecule has 2 aliphatic rings. The average molecular weight is 375 g/mol. The topological polar surface area (TPSA) is 84.7 Å². The lowest BCUT2D eigenvalue weighted by Gasteiger charge is -2.22. The van der Waals surface area contributed by atoms with Gasteiger partial charge in [-0.25, -0.2) is 0 Å². The fourth-order valence-corrected chi connectivity index (χ4v) is 4.53. The van der Waals surface area contributed by atoms with Crippen LogP contribution in [-0.2, 0) is 16.1 Å². The second-order valence-electron chi connectivity index (χ2n) is 6.75. The molecule has 0 aromatic carbocycles. The highest BCUT2D eigenvalue weighted by molar-refractivity contribution is 7.09. The lowest BCUT2D eigenvalue weighted by Crippen LogP contribution is -2.37. The SMILES string of the molecule is Cc1noc(C)c1C(=O)N1C[C@H](C(=O)NCc2cccs2)[C@H]2OCC[C@H]21. The first-order valence-corrected chi connectivity index (χ1v) is 9.59. The third-order valence-electron chi connectivity index (χ3n) is 5.16. The van der Waals surface area contributed by atoms with E-state index in [2.05, 4.69) is 10.5 Å². The monoisotopic (exact) mass is 375 g/mol. The number of ether oxygens (including phenoxy) is 1. The van der Waals surface area contributed by atoms with Crippen molar-refractivity contribution in [3.63, 3.8) is 0 Å². The summed E-state index contributed by atoms with van der Waals surface area (Å²) in [5, 5.41) is 8.84. The van der Waals surface area contributed by atoms with E-state index >= 15 is 0 Å². The van der Waals surface area contributed by atoms with Crippen molar-refractivity contribution in [3.8, 4) is 0 Å². The minimum Gasteiger partial charge on any atom is -0.375 e. The molecule has 0 radical (unpaired) electrons. The third kappa shape index (κ3) is 2.93. The quantitative estimate of drug-likeness (QED) is 0.882. The summed E-state index contributed by atoms with van der Waals surface area (Å²) in [6, 6.07) is 3.87. The van der Waals surface area contributed by atoms with Gasteiger partial charge in [-0.05, 0) is 31.7 Å². The fraction of sp³-hybridized carbons (Fsp3) is 0.500. The molecule has 2 saturated heterocycles. The number of likely N-dealkylation sites (tertiary alicyclic amines) is 1. The molecule has 1 N–H and O–H groups in total. The number of fused-ring (bicyclic) bond motifs is 1. The summed E-state index contributed by atoms with van der Waals surface area (Å²) in [5.41, 5.74) is 1.07. The number of nitrogens with one attached hydrogen (secondary N) is 1. The number of thiophene rings is 1. The summed E-state index contributed by atoms with van der Waals surface area (Å²) < 4.78 is 10.9. The molecule has 138 valence electrons. The number of hydrogen-bond acceptors (Lipinski definition) is 6. The van der Waals surface area contributed by atoms with Gasteiger partial charge in [-0.15, -0.1) is 11.3 Å². The van der Waals surface area contributed by atoms with Crippen LogP contribution in [-0.4, -0.2) is 47.2 Å². The molecule has 2 fully saturated rings. The predicted molar refractivity (Wildman–Crippen MR) is 94.8 cm³/mol. The average Bonchev–Trinajstić information content (AvgIpc) is 3.37. The molecule has 4 heterocycles. The van der Waals surface area contributed by atoms with Gasteiger partial charge >= 0.3 is 0 Å². The van der Waals surface area contributed by atoms with E-state index in [0.717, 1.165) is 11.3 Å². The molecule has 2 aromatic heterocycles. The Labute approximate surface area is 155 Å². The molecule has 0 saturated carbocycles. The van der Waals surface area contributed by atoms with Gasteiger partial charge in [-0.1, -0.05) is 11.2 Å². The second kappa shape index (κ2) is 6.85. The van der Waals surface area contributed by atoms with Crippen molar-refractivity contribution >= 4 is 23.2 Å². The van der Waals surface area contributed by atoms with Gasteiger partial charge in [0.2, 0.25) is 5.91 Å². The van der Waals surface area contributed by atoms with Crippen LogP contribution in [0.15, 0.2) is 22.0 Å². The number of carbonyl (C=O) groups is 2. The summed E-state index contributed by atoms with van der Waals surface area (Å²) in [6.07, 6.45) is 0.497.